The van der Waals surface area contributed by atoms with Crippen molar-refractivity contribution in [2.75, 3.05) is 0 Å². The Morgan fingerprint density at radius 2 is 1.48 bits per heavy atom. The molecule has 174 valence electrons. The molecule has 0 unspecified atom stereocenters. The molecule has 0 aliphatic carbocycles. The van der Waals surface area contributed by atoms with Gasteiger partial charge in [-0.05, 0) is 50.8 Å². The molecule has 0 aromatic heterocycles. The van der Waals surface area contributed by atoms with Gasteiger partial charge in [0, 0.05) is 6.42 Å². The molecule has 5 heteroatoms. The highest BCUT2D eigenvalue weighted by Gasteiger charge is 2.55. The number of hydrogen-bond acceptors (Lipinski definition) is 5. The number of fused-ring (bicyclic) bond motifs is 1. The van der Waals surface area contributed by atoms with Crippen LogP contribution in [0.1, 0.15) is 103 Å². The number of aryl methyl sites for hydroxylation is 1. The van der Waals surface area contributed by atoms with Gasteiger partial charge in [0.1, 0.15) is 23.1 Å². The fourth-order valence-corrected chi connectivity index (χ4v) is 5.00. The van der Waals surface area contributed by atoms with Crippen LogP contribution in [0.25, 0.3) is 0 Å². The molecule has 2 heterocycles. The molecule has 0 radical (unpaired) electrons. The highest BCUT2D eigenvalue weighted by molar-refractivity contribution is 5.73. The molecule has 1 N–H and O–H groups in total. The van der Waals surface area contributed by atoms with Crippen molar-refractivity contribution in [1.82, 2.24) is 0 Å². The molecule has 1 aromatic rings. The number of carbonyl (C=O) groups is 1. The van der Waals surface area contributed by atoms with Crippen molar-refractivity contribution in [2.45, 2.75) is 121 Å². The molecule has 2 aliphatic heterocycles. The van der Waals surface area contributed by atoms with Crippen LogP contribution in [0.2, 0.25) is 0 Å². The fourth-order valence-electron chi connectivity index (χ4n) is 5.00. The smallest absolute Gasteiger partial charge is 0.309 e. The van der Waals surface area contributed by atoms with E-state index in [0.717, 1.165) is 19.3 Å². The Morgan fingerprint density at radius 1 is 0.903 bits per heavy atom. The van der Waals surface area contributed by atoms with Crippen LogP contribution in [0.3, 0.4) is 0 Å². The first-order valence-corrected chi connectivity index (χ1v) is 12.2. The SMILES string of the molecule is C[C@]1(CCCCCCCCCCCCc2ccc(O)cc2)C[C@]2(C)OC(=O)C[C@@H]2OO1. The van der Waals surface area contributed by atoms with Crippen molar-refractivity contribution >= 4 is 5.97 Å². The predicted octanol–water partition coefficient (Wildman–Crippen LogP) is 6.41. The second-order valence-corrected chi connectivity index (χ2v) is 9.99. The summed E-state index contributed by atoms with van der Waals surface area (Å²) in [6, 6.07) is 7.58. The quantitative estimate of drug-likeness (QED) is 0.222. The first-order chi connectivity index (χ1) is 14.9. The van der Waals surface area contributed by atoms with E-state index in [4.69, 9.17) is 14.5 Å². The number of hydrogen-bond donors (Lipinski definition) is 1. The molecule has 2 fully saturated rings. The number of phenolic OH excluding ortho intramolecular Hbond substituents is 1. The third kappa shape index (κ3) is 7.50. The van der Waals surface area contributed by atoms with Gasteiger partial charge in [0.25, 0.3) is 0 Å². The number of unbranched alkanes of at least 4 members (excludes halogenated alkanes) is 9. The summed E-state index contributed by atoms with van der Waals surface area (Å²) in [5.74, 6) is 0.163. The van der Waals surface area contributed by atoms with Crippen molar-refractivity contribution in [3.63, 3.8) is 0 Å². The van der Waals surface area contributed by atoms with Gasteiger partial charge in [-0.1, -0.05) is 69.9 Å². The number of benzene rings is 1. The summed E-state index contributed by atoms with van der Waals surface area (Å²) in [5.41, 5.74) is 0.416. The summed E-state index contributed by atoms with van der Waals surface area (Å²) >= 11 is 0. The van der Waals surface area contributed by atoms with Gasteiger partial charge >= 0.3 is 5.97 Å². The Bertz CT molecular complexity index is 688. The highest BCUT2D eigenvalue weighted by atomic mass is 17.2. The van der Waals surface area contributed by atoms with Gasteiger partial charge in [-0.3, -0.25) is 4.79 Å². The van der Waals surface area contributed by atoms with Crippen molar-refractivity contribution in [2.24, 2.45) is 0 Å². The lowest BCUT2D eigenvalue weighted by molar-refractivity contribution is -0.428. The number of esters is 1. The van der Waals surface area contributed by atoms with Crippen LogP contribution in [0.15, 0.2) is 24.3 Å². The maximum atomic E-state index is 11.6. The van der Waals surface area contributed by atoms with E-state index in [1.165, 1.54) is 63.4 Å². The van der Waals surface area contributed by atoms with E-state index < -0.39 is 5.60 Å². The van der Waals surface area contributed by atoms with Crippen molar-refractivity contribution < 1.29 is 24.4 Å². The van der Waals surface area contributed by atoms with Crippen molar-refractivity contribution in [3.8, 4) is 5.75 Å². The summed E-state index contributed by atoms with van der Waals surface area (Å²) in [7, 11) is 0. The summed E-state index contributed by atoms with van der Waals surface area (Å²) < 4.78 is 5.53. The number of ether oxygens (including phenoxy) is 1. The number of carbonyl (C=O) groups excluding carboxylic acids is 1. The summed E-state index contributed by atoms with van der Waals surface area (Å²) in [6.07, 6.45) is 15.5. The summed E-state index contributed by atoms with van der Waals surface area (Å²) in [4.78, 5) is 22.8. The molecule has 2 saturated heterocycles. The van der Waals surface area contributed by atoms with Crippen LogP contribution in [-0.4, -0.2) is 28.4 Å². The molecular formula is C26H40O5. The molecule has 0 spiro atoms. The molecule has 31 heavy (non-hydrogen) atoms. The van der Waals surface area contributed by atoms with E-state index in [9.17, 15) is 9.90 Å². The van der Waals surface area contributed by atoms with E-state index in [-0.39, 0.29) is 17.7 Å². The Balaban J connectivity index is 1.14. The van der Waals surface area contributed by atoms with Crippen molar-refractivity contribution in [1.29, 1.82) is 0 Å². The largest absolute Gasteiger partial charge is 0.508 e. The van der Waals surface area contributed by atoms with Crippen LogP contribution in [0.5, 0.6) is 5.75 Å². The van der Waals surface area contributed by atoms with Crippen LogP contribution >= 0.6 is 0 Å². The van der Waals surface area contributed by atoms with E-state index >= 15 is 0 Å². The minimum Gasteiger partial charge on any atom is -0.508 e. The van der Waals surface area contributed by atoms with Crippen LogP contribution in [0.4, 0.5) is 0 Å². The second kappa shape index (κ2) is 11.3. The lowest BCUT2D eigenvalue weighted by Crippen LogP contribution is -2.51. The average Bonchev–Trinajstić information content (AvgIpc) is 3.02. The Hall–Kier alpha value is -1.59. The zero-order valence-corrected chi connectivity index (χ0v) is 19.4. The minimum absolute atomic E-state index is 0.183. The molecular weight excluding hydrogens is 392 g/mol. The molecule has 2 aliphatic rings. The molecule has 0 amide bonds. The first kappa shape index (κ1) is 24.1. The topological polar surface area (TPSA) is 65.0 Å². The van der Waals surface area contributed by atoms with Gasteiger partial charge in [-0.2, -0.15) is 0 Å². The standard InChI is InChI=1S/C26H40O5/c1-25(20-26(2)23(30-31-25)19-24(28)29-26)18-12-10-8-6-4-3-5-7-9-11-13-21-14-16-22(27)17-15-21/h14-17,23,27H,3-13,18-20H2,1-2H3/t23-,25-,26-/m0/s1. The van der Waals surface area contributed by atoms with E-state index in [1.807, 2.05) is 19.1 Å². The van der Waals surface area contributed by atoms with Gasteiger partial charge in [-0.15, -0.1) is 0 Å². The molecule has 3 atom stereocenters. The van der Waals surface area contributed by atoms with Gasteiger partial charge < -0.3 is 9.84 Å². The van der Waals surface area contributed by atoms with Gasteiger partial charge in [-0.25, -0.2) is 9.78 Å². The van der Waals surface area contributed by atoms with Crippen molar-refractivity contribution in [3.05, 3.63) is 29.8 Å². The maximum Gasteiger partial charge on any atom is 0.309 e. The number of rotatable bonds is 13. The Morgan fingerprint density at radius 3 is 2.13 bits per heavy atom. The molecule has 0 bridgehead atoms. The predicted molar refractivity (Wildman–Crippen MR) is 121 cm³/mol. The molecule has 0 saturated carbocycles. The van der Waals surface area contributed by atoms with Crippen LogP contribution in [0, 0.1) is 0 Å². The molecule has 1 aromatic carbocycles. The summed E-state index contributed by atoms with van der Waals surface area (Å²) in [6.45, 7) is 4.04. The maximum absolute atomic E-state index is 11.6. The lowest BCUT2D eigenvalue weighted by Gasteiger charge is -2.43. The average molecular weight is 433 g/mol. The number of aromatic hydroxyl groups is 1. The van der Waals surface area contributed by atoms with Crippen LogP contribution < -0.4 is 0 Å². The third-order valence-corrected chi connectivity index (χ3v) is 6.83. The van der Waals surface area contributed by atoms with Gasteiger partial charge in [0.15, 0.2) is 0 Å². The lowest BCUT2D eigenvalue weighted by atomic mass is 9.82. The monoisotopic (exact) mass is 432 g/mol. The second-order valence-electron chi connectivity index (χ2n) is 9.99. The first-order valence-electron chi connectivity index (χ1n) is 12.2. The van der Waals surface area contributed by atoms with Crippen LogP contribution in [-0.2, 0) is 25.7 Å². The molecule has 5 nitrogen and oxygen atoms in total. The van der Waals surface area contributed by atoms with Gasteiger partial charge in [0.05, 0.1) is 6.42 Å². The van der Waals surface area contributed by atoms with E-state index in [1.54, 1.807) is 12.1 Å². The minimum atomic E-state index is -0.534. The number of phenols is 1. The normalized spacial score (nSPS) is 27.8. The molecule has 3 rings (SSSR count). The van der Waals surface area contributed by atoms with E-state index in [2.05, 4.69) is 6.92 Å². The highest BCUT2D eigenvalue weighted by Crippen LogP contribution is 2.44. The van der Waals surface area contributed by atoms with Gasteiger partial charge in [0.2, 0.25) is 0 Å². The summed E-state index contributed by atoms with van der Waals surface area (Å²) in [5, 5.41) is 9.31. The fraction of sp³-hybridized carbons (Fsp3) is 0.731. The van der Waals surface area contributed by atoms with E-state index in [0.29, 0.717) is 18.6 Å². The Kier molecular flexibility index (Phi) is 8.79. The Labute approximate surface area is 187 Å². The zero-order valence-electron chi connectivity index (χ0n) is 19.4. The zero-order chi connectivity index (χ0) is 22.2. The third-order valence-electron chi connectivity index (χ3n) is 6.83.